The number of carbonyl (C=O) groups is 1. The molecule has 0 radical (unpaired) electrons. The largest absolute Gasteiger partial charge is 0.488 e. The van der Waals surface area contributed by atoms with Gasteiger partial charge in [-0.3, -0.25) is 4.79 Å². The van der Waals surface area contributed by atoms with Crippen LogP contribution in [0.15, 0.2) is 40.4 Å². The van der Waals surface area contributed by atoms with E-state index in [1.54, 1.807) is 22.7 Å². The number of nitrogens with one attached hydrogen (secondary N) is 1. The van der Waals surface area contributed by atoms with Gasteiger partial charge < -0.3 is 14.8 Å². The van der Waals surface area contributed by atoms with Crippen molar-refractivity contribution in [2.24, 2.45) is 0 Å². The van der Waals surface area contributed by atoms with Crippen LogP contribution in [-0.2, 0) is 17.6 Å². The van der Waals surface area contributed by atoms with E-state index in [1.165, 1.54) is 0 Å². The van der Waals surface area contributed by atoms with Crippen molar-refractivity contribution < 1.29 is 14.3 Å². The van der Waals surface area contributed by atoms with Gasteiger partial charge >= 0.3 is 0 Å². The number of benzene rings is 1. The summed E-state index contributed by atoms with van der Waals surface area (Å²) >= 11 is 3.20. The smallest absolute Gasteiger partial charge is 0.226 e. The van der Waals surface area contributed by atoms with E-state index in [4.69, 9.17) is 9.47 Å². The van der Waals surface area contributed by atoms with E-state index in [0.717, 1.165) is 39.7 Å². The molecule has 1 N–H and O–H groups in total. The van der Waals surface area contributed by atoms with Gasteiger partial charge in [0, 0.05) is 28.3 Å². The van der Waals surface area contributed by atoms with Crippen LogP contribution in [-0.4, -0.2) is 29.6 Å². The number of aromatic nitrogens is 1. The molecule has 7 heteroatoms. The van der Waals surface area contributed by atoms with Gasteiger partial charge in [-0.05, 0) is 31.4 Å². The number of ether oxygens (including phenoxy) is 2. The molecule has 5 nitrogen and oxygen atoms in total. The Morgan fingerprint density at radius 3 is 3.04 bits per heavy atom. The van der Waals surface area contributed by atoms with E-state index < -0.39 is 0 Å². The summed E-state index contributed by atoms with van der Waals surface area (Å²) < 4.78 is 11.8. The fourth-order valence-corrected chi connectivity index (χ4v) is 4.72. The molecular formula is C21H22N2O3S2. The van der Waals surface area contributed by atoms with Crippen LogP contribution in [0.3, 0.4) is 0 Å². The summed E-state index contributed by atoms with van der Waals surface area (Å²) in [7, 11) is 0. The molecule has 0 saturated heterocycles. The van der Waals surface area contributed by atoms with Crippen LogP contribution >= 0.6 is 22.7 Å². The molecule has 0 unspecified atom stereocenters. The third-order valence-electron chi connectivity index (χ3n) is 4.40. The number of amides is 1. The van der Waals surface area contributed by atoms with Crippen LogP contribution in [0.2, 0.25) is 0 Å². The summed E-state index contributed by atoms with van der Waals surface area (Å²) in [6.45, 7) is 4.97. The zero-order valence-corrected chi connectivity index (χ0v) is 17.5. The molecule has 3 heterocycles. The Bertz CT molecular complexity index is 964. The summed E-state index contributed by atoms with van der Waals surface area (Å²) in [6.07, 6.45) is 1.15. The fourth-order valence-electron chi connectivity index (χ4n) is 3.19. The standard InChI is InChI=1S/C21H22N2O3S2/c1-21(2)11-14-4-3-5-17(19(14)26-21)25-8-7-22-18(24)10-16-13-28-20(23-16)15-6-9-27-12-15/h3-6,9,12-13H,7-8,10-11H2,1-2H3,(H,22,24). The normalized spacial score (nSPS) is 14.4. The van der Waals surface area contributed by atoms with Crippen molar-refractivity contribution in [3.63, 3.8) is 0 Å². The van der Waals surface area contributed by atoms with Gasteiger partial charge in [-0.1, -0.05) is 12.1 Å². The lowest BCUT2D eigenvalue weighted by Gasteiger charge is -2.18. The van der Waals surface area contributed by atoms with Crippen molar-refractivity contribution in [1.29, 1.82) is 0 Å². The van der Waals surface area contributed by atoms with Gasteiger partial charge in [-0.25, -0.2) is 4.98 Å². The van der Waals surface area contributed by atoms with Crippen molar-refractivity contribution in [3.05, 3.63) is 51.7 Å². The first kappa shape index (κ1) is 19.0. The van der Waals surface area contributed by atoms with E-state index in [2.05, 4.69) is 35.6 Å². The number of rotatable bonds is 7. The molecule has 0 saturated carbocycles. The second kappa shape index (κ2) is 7.93. The van der Waals surface area contributed by atoms with Gasteiger partial charge in [-0.15, -0.1) is 11.3 Å². The number of para-hydroxylation sites is 1. The first-order valence-electron chi connectivity index (χ1n) is 9.17. The minimum atomic E-state index is -0.203. The third-order valence-corrected chi connectivity index (χ3v) is 6.02. The van der Waals surface area contributed by atoms with E-state index in [9.17, 15) is 4.79 Å². The van der Waals surface area contributed by atoms with Gasteiger partial charge in [0.05, 0.1) is 18.7 Å². The first-order chi connectivity index (χ1) is 13.5. The summed E-state index contributed by atoms with van der Waals surface area (Å²) in [5, 5.41) is 9.87. The lowest BCUT2D eigenvalue weighted by atomic mass is 10.0. The monoisotopic (exact) mass is 414 g/mol. The fraction of sp³-hybridized carbons (Fsp3) is 0.333. The Morgan fingerprint density at radius 1 is 1.32 bits per heavy atom. The summed E-state index contributed by atoms with van der Waals surface area (Å²) in [5.41, 5.74) is 2.86. The van der Waals surface area contributed by atoms with Gasteiger partial charge in [-0.2, -0.15) is 11.3 Å². The second-order valence-electron chi connectivity index (χ2n) is 7.31. The molecule has 28 heavy (non-hydrogen) atoms. The first-order valence-corrected chi connectivity index (χ1v) is 11.0. The number of carbonyl (C=O) groups excluding carboxylic acids is 1. The molecule has 1 aliphatic heterocycles. The number of hydrogen-bond acceptors (Lipinski definition) is 6. The second-order valence-corrected chi connectivity index (χ2v) is 8.95. The Labute approximate surface area is 172 Å². The van der Waals surface area contributed by atoms with E-state index in [0.29, 0.717) is 13.2 Å². The molecule has 3 aromatic rings. The average molecular weight is 415 g/mol. The molecular weight excluding hydrogens is 392 g/mol. The minimum absolute atomic E-state index is 0.0542. The molecule has 1 amide bonds. The Kier molecular flexibility index (Phi) is 5.37. The predicted molar refractivity (Wildman–Crippen MR) is 112 cm³/mol. The summed E-state index contributed by atoms with van der Waals surface area (Å²) in [6, 6.07) is 7.99. The molecule has 0 fully saturated rings. The van der Waals surface area contributed by atoms with Gasteiger partial charge in [0.25, 0.3) is 0 Å². The number of thiazole rings is 1. The van der Waals surface area contributed by atoms with Crippen LogP contribution < -0.4 is 14.8 Å². The quantitative estimate of drug-likeness (QED) is 0.585. The van der Waals surface area contributed by atoms with E-state index >= 15 is 0 Å². The molecule has 2 aromatic heterocycles. The van der Waals surface area contributed by atoms with Gasteiger partial charge in [0.15, 0.2) is 11.5 Å². The molecule has 146 valence electrons. The maximum atomic E-state index is 12.2. The van der Waals surface area contributed by atoms with Gasteiger partial charge in [0.1, 0.15) is 17.2 Å². The third kappa shape index (κ3) is 4.36. The van der Waals surface area contributed by atoms with E-state index in [-0.39, 0.29) is 17.9 Å². The molecule has 0 spiro atoms. The van der Waals surface area contributed by atoms with E-state index in [1.807, 2.05) is 29.0 Å². The average Bonchev–Trinajstić information content (AvgIpc) is 3.37. The lowest BCUT2D eigenvalue weighted by molar-refractivity contribution is -0.120. The minimum Gasteiger partial charge on any atom is -0.488 e. The number of hydrogen-bond donors (Lipinski definition) is 1. The Morgan fingerprint density at radius 2 is 2.21 bits per heavy atom. The Hall–Kier alpha value is -2.38. The zero-order chi connectivity index (χ0) is 19.6. The highest BCUT2D eigenvalue weighted by atomic mass is 32.1. The van der Waals surface area contributed by atoms with Crippen LogP contribution in [0, 0.1) is 0 Å². The summed E-state index contributed by atoms with van der Waals surface area (Å²) in [4.78, 5) is 16.7. The van der Waals surface area contributed by atoms with Crippen LogP contribution in [0.4, 0.5) is 0 Å². The molecule has 0 atom stereocenters. The van der Waals surface area contributed by atoms with Crippen molar-refractivity contribution in [3.8, 4) is 22.1 Å². The van der Waals surface area contributed by atoms with Crippen LogP contribution in [0.5, 0.6) is 11.5 Å². The van der Waals surface area contributed by atoms with Gasteiger partial charge in [0.2, 0.25) is 5.91 Å². The maximum absolute atomic E-state index is 12.2. The van der Waals surface area contributed by atoms with Crippen molar-refractivity contribution in [2.75, 3.05) is 13.2 Å². The molecule has 1 aromatic carbocycles. The molecule has 1 aliphatic rings. The highest BCUT2D eigenvalue weighted by Crippen LogP contribution is 2.41. The highest BCUT2D eigenvalue weighted by Gasteiger charge is 2.32. The van der Waals surface area contributed by atoms with Crippen molar-refractivity contribution in [1.82, 2.24) is 10.3 Å². The number of nitrogens with zero attached hydrogens (tertiary/aromatic N) is 1. The highest BCUT2D eigenvalue weighted by molar-refractivity contribution is 7.14. The topological polar surface area (TPSA) is 60.5 Å². The number of fused-ring (bicyclic) bond motifs is 1. The molecule has 4 rings (SSSR count). The predicted octanol–water partition coefficient (Wildman–Crippen LogP) is 4.32. The Balaban J connectivity index is 1.24. The SMILES string of the molecule is CC1(C)Cc2cccc(OCCNC(=O)Cc3csc(-c4ccsc4)n3)c2O1. The number of thiophene rings is 1. The molecule has 0 aliphatic carbocycles. The zero-order valence-electron chi connectivity index (χ0n) is 15.9. The molecule has 0 bridgehead atoms. The summed E-state index contributed by atoms with van der Waals surface area (Å²) in [5.74, 6) is 1.50. The maximum Gasteiger partial charge on any atom is 0.226 e. The van der Waals surface area contributed by atoms with Crippen LogP contribution in [0.1, 0.15) is 25.1 Å². The van der Waals surface area contributed by atoms with Crippen molar-refractivity contribution >= 4 is 28.6 Å². The lowest BCUT2D eigenvalue weighted by Crippen LogP contribution is -2.29. The van der Waals surface area contributed by atoms with Crippen LogP contribution in [0.25, 0.3) is 10.6 Å². The van der Waals surface area contributed by atoms with Crippen molar-refractivity contribution in [2.45, 2.75) is 32.3 Å².